The lowest BCUT2D eigenvalue weighted by molar-refractivity contribution is -0.137. The summed E-state index contributed by atoms with van der Waals surface area (Å²) in [4.78, 5) is 11.0. The van der Waals surface area contributed by atoms with E-state index in [0.717, 1.165) is 24.2 Å². The quantitative estimate of drug-likeness (QED) is 0.852. The van der Waals surface area contributed by atoms with Gasteiger partial charge in [0.15, 0.2) is 0 Å². The molecule has 0 amide bonds. The zero-order valence-electron chi connectivity index (χ0n) is 13.7. The lowest BCUT2D eigenvalue weighted by Crippen LogP contribution is -2.16. The summed E-state index contributed by atoms with van der Waals surface area (Å²) >= 11 is 0. The van der Waals surface area contributed by atoms with Crippen molar-refractivity contribution >= 4 is 5.97 Å². The standard InChI is InChI=1S/C21H20O3/c1-2-5-16(14-21(22)23)15-8-10-19(11-9-15)24-20-12-17-6-3-4-7-18(17)13-20/h3-4,6-11,16,20H,12-14H2,1H3,(H,22,23)/t16-/m0/s1. The first-order valence-corrected chi connectivity index (χ1v) is 8.13. The largest absolute Gasteiger partial charge is 0.490 e. The van der Waals surface area contributed by atoms with Crippen LogP contribution in [-0.2, 0) is 17.6 Å². The van der Waals surface area contributed by atoms with Crippen molar-refractivity contribution in [2.24, 2.45) is 0 Å². The fourth-order valence-electron chi connectivity index (χ4n) is 3.17. The van der Waals surface area contributed by atoms with Crippen molar-refractivity contribution in [1.29, 1.82) is 0 Å². The molecule has 0 fully saturated rings. The minimum absolute atomic E-state index is 0.0129. The van der Waals surface area contributed by atoms with Gasteiger partial charge in [-0.3, -0.25) is 4.79 Å². The first-order chi connectivity index (χ1) is 11.7. The van der Waals surface area contributed by atoms with Crippen LogP contribution in [0.1, 0.15) is 36.0 Å². The summed E-state index contributed by atoms with van der Waals surface area (Å²) in [5.74, 6) is 5.47. The molecule has 3 nitrogen and oxygen atoms in total. The molecule has 0 aliphatic heterocycles. The Hall–Kier alpha value is -2.73. The van der Waals surface area contributed by atoms with E-state index in [1.807, 2.05) is 24.3 Å². The Morgan fingerprint density at radius 1 is 1.17 bits per heavy atom. The predicted octanol–water partition coefficient (Wildman–Crippen LogP) is 3.81. The van der Waals surface area contributed by atoms with E-state index < -0.39 is 5.97 Å². The van der Waals surface area contributed by atoms with E-state index in [4.69, 9.17) is 9.84 Å². The lowest BCUT2D eigenvalue weighted by Gasteiger charge is -2.14. The van der Waals surface area contributed by atoms with Crippen LogP contribution in [0, 0.1) is 11.8 Å². The molecule has 0 spiro atoms. The first-order valence-electron chi connectivity index (χ1n) is 8.13. The van der Waals surface area contributed by atoms with Gasteiger partial charge >= 0.3 is 5.97 Å². The predicted molar refractivity (Wildman–Crippen MR) is 93.2 cm³/mol. The van der Waals surface area contributed by atoms with Gasteiger partial charge in [0.05, 0.1) is 12.3 Å². The highest BCUT2D eigenvalue weighted by Gasteiger charge is 2.22. The second-order valence-corrected chi connectivity index (χ2v) is 6.03. The summed E-state index contributed by atoms with van der Waals surface area (Å²) in [5, 5.41) is 9.01. The zero-order valence-corrected chi connectivity index (χ0v) is 13.7. The summed E-state index contributed by atoms with van der Waals surface area (Å²) < 4.78 is 6.08. The van der Waals surface area contributed by atoms with Crippen LogP contribution < -0.4 is 4.74 Å². The monoisotopic (exact) mass is 320 g/mol. The summed E-state index contributed by atoms with van der Waals surface area (Å²) in [6.07, 6.45) is 2.04. The molecule has 2 aromatic carbocycles. The molecule has 122 valence electrons. The van der Waals surface area contributed by atoms with Crippen LogP contribution in [0.3, 0.4) is 0 Å². The van der Waals surface area contributed by atoms with E-state index in [1.165, 1.54) is 11.1 Å². The van der Waals surface area contributed by atoms with Gasteiger partial charge in [0.2, 0.25) is 0 Å². The third kappa shape index (κ3) is 3.78. The Balaban J connectivity index is 1.66. The number of aliphatic carboxylic acids is 1. The second kappa shape index (κ2) is 7.23. The molecule has 0 heterocycles. The first kappa shape index (κ1) is 16.1. The van der Waals surface area contributed by atoms with Crippen LogP contribution >= 0.6 is 0 Å². The molecule has 1 aliphatic carbocycles. The average molecular weight is 320 g/mol. The number of rotatable bonds is 5. The molecule has 0 bridgehead atoms. The third-order valence-corrected chi connectivity index (χ3v) is 4.30. The van der Waals surface area contributed by atoms with E-state index in [-0.39, 0.29) is 18.4 Å². The van der Waals surface area contributed by atoms with Crippen LogP contribution in [0.4, 0.5) is 0 Å². The van der Waals surface area contributed by atoms with E-state index in [1.54, 1.807) is 6.92 Å². The van der Waals surface area contributed by atoms with Gasteiger partial charge in [0.1, 0.15) is 11.9 Å². The number of ether oxygens (including phenoxy) is 1. The van der Waals surface area contributed by atoms with Crippen molar-refractivity contribution in [2.75, 3.05) is 0 Å². The molecule has 0 saturated heterocycles. The van der Waals surface area contributed by atoms with Crippen LogP contribution in [0.2, 0.25) is 0 Å². The highest BCUT2D eigenvalue weighted by atomic mass is 16.5. The van der Waals surface area contributed by atoms with Crippen LogP contribution in [0.15, 0.2) is 48.5 Å². The molecule has 0 aromatic heterocycles. The van der Waals surface area contributed by atoms with Gasteiger partial charge in [0, 0.05) is 12.8 Å². The Bertz CT molecular complexity index is 756. The second-order valence-electron chi connectivity index (χ2n) is 6.03. The van der Waals surface area contributed by atoms with Gasteiger partial charge in [-0.25, -0.2) is 0 Å². The number of carbonyl (C=O) groups is 1. The Morgan fingerprint density at radius 3 is 2.33 bits per heavy atom. The van der Waals surface area contributed by atoms with Crippen molar-refractivity contribution in [1.82, 2.24) is 0 Å². The molecular weight excluding hydrogens is 300 g/mol. The molecule has 0 radical (unpaired) electrons. The van der Waals surface area contributed by atoms with Gasteiger partial charge in [0.25, 0.3) is 0 Å². The van der Waals surface area contributed by atoms with E-state index in [9.17, 15) is 4.79 Å². The maximum atomic E-state index is 11.0. The fraction of sp³-hybridized carbons (Fsp3) is 0.286. The molecule has 3 heteroatoms. The molecule has 2 aromatic rings. The number of carboxylic acids is 1. The highest BCUT2D eigenvalue weighted by molar-refractivity contribution is 5.69. The number of carboxylic acid groups (broad SMARTS) is 1. The molecular formula is C21H20O3. The van der Waals surface area contributed by atoms with Crippen molar-refractivity contribution in [3.05, 3.63) is 65.2 Å². The summed E-state index contributed by atoms with van der Waals surface area (Å²) in [5.41, 5.74) is 3.63. The lowest BCUT2D eigenvalue weighted by atomic mass is 9.96. The van der Waals surface area contributed by atoms with Crippen LogP contribution in [0.5, 0.6) is 5.75 Å². The Kier molecular flexibility index (Phi) is 4.86. The van der Waals surface area contributed by atoms with Gasteiger partial charge < -0.3 is 9.84 Å². The highest BCUT2D eigenvalue weighted by Crippen LogP contribution is 2.27. The third-order valence-electron chi connectivity index (χ3n) is 4.30. The molecule has 1 aliphatic rings. The van der Waals surface area contributed by atoms with Crippen molar-refractivity contribution in [3.8, 4) is 17.6 Å². The van der Waals surface area contributed by atoms with Gasteiger partial charge in [-0.1, -0.05) is 42.3 Å². The molecule has 0 unspecified atom stereocenters. The summed E-state index contributed by atoms with van der Waals surface area (Å²) in [7, 11) is 0. The molecule has 24 heavy (non-hydrogen) atoms. The topological polar surface area (TPSA) is 46.5 Å². The Morgan fingerprint density at radius 2 is 1.79 bits per heavy atom. The minimum Gasteiger partial charge on any atom is -0.490 e. The van der Waals surface area contributed by atoms with Gasteiger partial charge in [-0.2, -0.15) is 0 Å². The molecule has 0 saturated carbocycles. The van der Waals surface area contributed by atoms with Crippen LogP contribution in [-0.4, -0.2) is 17.2 Å². The maximum Gasteiger partial charge on any atom is 0.304 e. The molecule has 1 atom stereocenters. The van der Waals surface area contributed by atoms with Gasteiger partial charge in [-0.05, 0) is 35.7 Å². The maximum absolute atomic E-state index is 11.0. The average Bonchev–Trinajstić information content (AvgIpc) is 2.97. The van der Waals surface area contributed by atoms with Crippen molar-refractivity contribution in [2.45, 2.75) is 38.2 Å². The molecule has 1 N–H and O–H groups in total. The SMILES string of the molecule is CC#C[C@@H](CC(=O)O)c1ccc(OC2Cc3ccccc3C2)cc1. The number of fused-ring (bicyclic) bond motifs is 1. The molecule has 3 rings (SSSR count). The fourth-order valence-corrected chi connectivity index (χ4v) is 3.17. The number of hydrogen-bond acceptors (Lipinski definition) is 2. The van der Waals surface area contributed by atoms with Crippen molar-refractivity contribution < 1.29 is 14.6 Å². The smallest absolute Gasteiger partial charge is 0.304 e. The zero-order chi connectivity index (χ0) is 16.9. The van der Waals surface area contributed by atoms with Crippen LogP contribution in [0.25, 0.3) is 0 Å². The van der Waals surface area contributed by atoms with Gasteiger partial charge in [-0.15, -0.1) is 5.92 Å². The van der Waals surface area contributed by atoms with E-state index in [0.29, 0.717) is 0 Å². The minimum atomic E-state index is -0.841. The van der Waals surface area contributed by atoms with E-state index in [2.05, 4.69) is 36.1 Å². The summed E-state index contributed by atoms with van der Waals surface area (Å²) in [6.45, 7) is 1.73. The number of benzene rings is 2. The number of hydrogen-bond donors (Lipinski definition) is 1. The normalized spacial score (nSPS) is 14.4. The van der Waals surface area contributed by atoms with Crippen molar-refractivity contribution in [3.63, 3.8) is 0 Å². The summed E-state index contributed by atoms with van der Waals surface area (Å²) in [6, 6.07) is 16.1. The van der Waals surface area contributed by atoms with E-state index >= 15 is 0 Å². The Labute approximate surface area is 142 Å².